The summed E-state index contributed by atoms with van der Waals surface area (Å²) in [5.74, 6) is 0. The molecule has 0 unspecified atom stereocenters. The van der Waals surface area contributed by atoms with Crippen molar-refractivity contribution < 1.29 is 4.48 Å². The van der Waals surface area contributed by atoms with Crippen LogP contribution in [0, 0.1) is 0 Å². The Kier molecular flexibility index (Phi) is 5.72. The number of rotatable bonds is 5. The van der Waals surface area contributed by atoms with Gasteiger partial charge in [0, 0.05) is 0 Å². The third-order valence-corrected chi connectivity index (χ3v) is 1.81. The average Bonchev–Trinajstić information content (AvgIpc) is 1.95. The van der Waals surface area contributed by atoms with Gasteiger partial charge in [-0.15, -0.1) is 0 Å². The van der Waals surface area contributed by atoms with E-state index in [0.29, 0.717) is 0 Å². The SMILES string of the molecule is CCC/C=C/C[N+](C)(C)C=C(C)C. The summed E-state index contributed by atoms with van der Waals surface area (Å²) in [6.07, 6.45) is 9.29. The zero-order valence-corrected chi connectivity index (χ0v) is 9.80. The van der Waals surface area contributed by atoms with Gasteiger partial charge in [-0.25, -0.2) is 0 Å². The Balaban J connectivity index is 3.96. The zero-order valence-electron chi connectivity index (χ0n) is 9.80. The van der Waals surface area contributed by atoms with Crippen LogP contribution in [-0.4, -0.2) is 25.1 Å². The molecule has 13 heavy (non-hydrogen) atoms. The minimum absolute atomic E-state index is 0.947. The van der Waals surface area contributed by atoms with Crippen LogP contribution in [0.1, 0.15) is 33.6 Å². The first-order valence-corrected chi connectivity index (χ1v) is 5.11. The molecule has 0 atom stereocenters. The molecule has 0 heterocycles. The van der Waals surface area contributed by atoms with Crippen LogP contribution in [0.4, 0.5) is 0 Å². The summed E-state index contributed by atoms with van der Waals surface area (Å²) in [7, 11) is 4.45. The molecule has 0 bridgehead atoms. The molecule has 0 saturated heterocycles. The van der Waals surface area contributed by atoms with Crippen molar-refractivity contribution in [3.8, 4) is 0 Å². The van der Waals surface area contributed by atoms with Crippen LogP contribution in [0.25, 0.3) is 0 Å². The summed E-state index contributed by atoms with van der Waals surface area (Å²) in [6.45, 7) is 7.59. The molecule has 0 spiro atoms. The molecular weight excluding hydrogens is 158 g/mol. The third-order valence-electron chi connectivity index (χ3n) is 1.81. The van der Waals surface area contributed by atoms with Crippen molar-refractivity contribution in [3.05, 3.63) is 23.9 Å². The Labute approximate surface area is 83.3 Å². The van der Waals surface area contributed by atoms with E-state index in [1.165, 1.54) is 18.4 Å². The predicted molar refractivity (Wildman–Crippen MR) is 60.5 cm³/mol. The smallest absolute Gasteiger partial charge is 0.101 e. The minimum atomic E-state index is 0.947. The quantitative estimate of drug-likeness (QED) is 0.452. The van der Waals surface area contributed by atoms with Crippen molar-refractivity contribution in [3.63, 3.8) is 0 Å². The van der Waals surface area contributed by atoms with Crippen LogP contribution in [0.15, 0.2) is 23.9 Å². The van der Waals surface area contributed by atoms with Crippen molar-refractivity contribution in [1.82, 2.24) is 0 Å². The van der Waals surface area contributed by atoms with Crippen LogP contribution in [0.2, 0.25) is 0 Å². The van der Waals surface area contributed by atoms with Crippen LogP contribution in [-0.2, 0) is 0 Å². The maximum Gasteiger partial charge on any atom is 0.101 e. The summed E-state index contributed by atoms with van der Waals surface area (Å²) in [4.78, 5) is 0. The lowest BCUT2D eigenvalue weighted by Gasteiger charge is -2.23. The summed E-state index contributed by atoms with van der Waals surface area (Å²) in [5.41, 5.74) is 1.38. The second-order valence-electron chi connectivity index (χ2n) is 4.43. The fourth-order valence-electron chi connectivity index (χ4n) is 1.38. The van der Waals surface area contributed by atoms with Crippen LogP contribution >= 0.6 is 0 Å². The lowest BCUT2D eigenvalue weighted by molar-refractivity contribution is -0.833. The van der Waals surface area contributed by atoms with Gasteiger partial charge in [0.25, 0.3) is 0 Å². The van der Waals surface area contributed by atoms with Crippen LogP contribution < -0.4 is 0 Å². The minimum Gasteiger partial charge on any atom is -0.299 e. The Hall–Kier alpha value is -0.560. The van der Waals surface area contributed by atoms with Crippen molar-refractivity contribution >= 4 is 0 Å². The third kappa shape index (κ3) is 7.79. The Morgan fingerprint density at radius 3 is 2.23 bits per heavy atom. The highest BCUT2D eigenvalue weighted by Crippen LogP contribution is 2.03. The first-order chi connectivity index (χ1) is 5.98. The molecule has 76 valence electrons. The molecule has 0 amide bonds. The molecule has 0 aromatic rings. The van der Waals surface area contributed by atoms with E-state index in [1.54, 1.807) is 0 Å². The largest absolute Gasteiger partial charge is 0.299 e. The van der Waals surface area contributed by atoms with E-state index in [1.807, 2.05) is 0 Å². The van der Waals surface area contributed by atoms with Gasteiger partial charge in [-0.3, -0.25) is 4.48 Å². The normalized spacial score (nSPS) is 12.1. The Morgan fingerprint density at radius 1 is 1.15 bits per heavy atom. The van der Waals surface area contributed by atoms with Gasteiger partial charge in [-0.2, -0.15) is 0 Å². The zero-order chi connectivity index (χ0) is 10.3. The summed E-state index contributed by atoms with van der Waals surface area (Å²) in [6, 6.07) is 0. The van der Waals surface area contributed by atoms with E-state index in [-0.39, 0.29) is 0 Å². The fourth-order valence-corrected chi connectivity index (χ4v) is 1.38. The molecule has 0 aliphatic rings. The highest BCUT2D eigenvalue weighted by Gasteiger charge is 2.07. The highest BCUT2D eigenvalue weighted by molar-refractivity contribution is 4.88. The molecule has 1 nitrogen and oxygen atoms in total. The molecular formula is C12H24N+. The molecule has 0 aromatic carbocycles. The van der Waals surface area contributed by atoms with E-state index in [0.717, 1.165) is 11.0 Å². The monoisotopic (exact) mass is 182 g/mol. The summed E-state index contributed by atoms with van der Waals surface area (Å²) >= 11 is 0. The molecule has 0 saturated carbocycles. The Bertz CT molecular complexity index is 183. The summed E-state index contributed by atoms with van der Waals surface area (Å²) in [5, 5.41) is 0. The molecule has 0 N–H and O–H groups in total. The first-order valence-electron chi connectivity index (χ1n) is 5.11. The number of allylic oxidation sites excluding steroid dienone is 2. The predicted octanol–water partition coefficient (Wildman–Crippen LogP) is 3.34. The van der Waals surface area contributed by atoms with Crippen LogP contribution in [0.3, 0.4) is 0 Å². The lowest BCUT2D eigenvalue weighted by atomic mass is 10.3. The van der Waals surface area contributed by atoms with E-state index < -0.39 is 0 Å². The lowest BCUT2D eigenvalue weighted by Crippen LogP contribution is -2.33. The standard InChI is InChI=1S/C12H24N/c1-6-7-8-9-10-13(4,5)11-12(2)3/h8-9,11H,6-7,10H2,1-5H3/q+1/b9-8+. The molecule has 0 aliphatic heterocycles. The van der Waals surface area contributed by atoms with Crippen molar-refractivity contribution in [2.45, 2.75) is 33.6 Å². The molecule has 0 fully saturated rings. The number of quaternary nitrogens is 1. The van der Waals surface area contributed by atoms with Crippen molar-refractivity contribution in [2.24, 2.45) is 0 Å². The molecule has 0 aliphatic carbocycles. The number of hydrogen-bond donors (Lipinski definition) is 0. The van der Waals surface area contributed by atoms with Gasteiger partial charge in [0.15, 0.2) is 0 Å². The maximum absolute atomic E-state index is 2.29. The highest BCUT2D eigenvalue weighted by atomic mass is 15.3. The van der Waals surface area contributed by atoms with E-state index in [2.05, 4.69) is 53.2 Å². The van der Waals surface area contributed by atoms with Gasteiger partial charge in [-0.1, -0.05) is 19.4 Å². The fraction of sp³-hybridized carbons (Fsp3) is 0.667. The number of likely N-dealkylation sites (N-methyl/N-ethyl adjacent to an activating group) is 1. The maximum atomic E-state index is 2.29. The number of unbranched alkanes of at least 4 members (excludes halogenated alkanes) is 1. The van der Waals surface area contributed by atoms with Crippen LogP contribution in [0.5, 0.6) is 0 Å². The molecule has 0 aromatic heterocycles. The molecule has 0 rings (SSSR count). The van der Waals surface area contributed by atoms with Gasteiger partial charge in [-0.05, 0) is 31.9 Å². The summed E-state index contributed by atoms with van der Waals surface area (Å²) < 4.78 is 0.947. The van der Waals surface area contributed by atoms with Gasteiger partial charge >= 0.3 is 0 Å². The van der Waals surface area contributed by atoms with Crippen molar-refractivity contribution in [1.29, 1.82) is 0 Å². The number of hydrogen-bond acceptors (Lipinski definition) is 0. The van der Waals surface area contributed by atoms with Crippen molar-refractivity contribution in [2.75, 3.05) is 20.6 Å². The molecule has 0 radical (unpaired) electrons. The van der Waals surface area contributed by atoms with Gasteiger partial charge in [0.1, 0.15) is 6.54 Å². The van der Waals surface area contributed by atoms with E-state index >= 15 is 0 Å². The van der Waals surface area contributed by atoms with Gasteiger partial charge < -0.3 is 0 Å². The Morgan fingerprint density at radius 2 is 1.77 bits per heavy atom. The van der Waals surface area contributed by atoms with E-state index in [4.69, 9.17) is 0 Å². The van der Waals surface area contributed by atoms with E-state index in [9.17, 15) is 0 Å². The first kappa shape index (κ1) is 12.4. The topological polar surface area (TPSA) is 0 Å². The van der Waals surface area contributed by atoms with Gasteiger partial charge in [0.05, 0.1) is 20.3 Å². The number of nitrogens with zero attached hydrogens (tertiary/aromatic N) is 1. The second-order valence-corrected chi connectivity index (χ2v) is 4.43. The average molecular weight is 182 g/mol. The van der Waals surface area contributed by atoms with Gasteiger partial charge in [0.2, 0.25) is 0 Å². The molecule has 1 heteroatoms. The second kappa shape index (κ2) is 5.98.